The molecule has 0 bridgehead atoms. The molecule has 6 heteroatoms. The monoisotopic (exact) mass is 319 g/mol. The summed E-state index contributed by atoms with van der Waals surface area (Å²) in [4.78, 5) is 23.3. The van der Waals surface area contributed by atoms with Gasteiger partial charge < -0.3 is 10.1 Å². The van der Waals surface area contributed by atoms with E-state index < -0.39 is 17.5 Å². The first kappa shape index (κ1) is 16.6. The molecule has 0 saturated heterocycles. The van der Waals surface area contributed by atoms with Crippen LogP contribution in [0.15, 0.2) is 42.5 Å². The predicted octanol–water partition coefficient (Wildman–Crippen LogP) is 3.32. The molecule has 0 aromatic heterocycles. The van der Waals surface area contributed by atoms with Crippen molar-refractivity contribution in [1.82, 2.24) is 0 Å². The van der Waals surface area contributed by atoms with Crippen LogP contribution in [-0.2, 0) is 16.0 Å². The van der Waals surface area contributed by atoms with E-state index in [0.29, 0.717) is 12.3 Å². The molecule has 0 aliphatic rings. The zero-order valence-electron chi connectivity index (χ0n) is 12.4. The van der Waals surface area contributed by atoms with Gasteiger partial charge in [-0.1, -0.05) is 12.1 Å². The summed E-state index contributed by atoms with van der Waals surface area (Å²) < 4.78 is 31.5. The molecule has 0 unspecified atom stereocenters. The third kappa shape index (κ3) is 4.60. The predicted molar refractivity (Wildman–Crippen MR) is 81.1 cm³/mol. The second-order valence-corrected chi connectivity index (χ2v) is 4.76. The number of nitrogens with one attached hydrogen (secondary N) is 1. The highest BCUT2D eigenvalue weighted by Gasteiger charge is 2.13. The molecule has 2 aromatic rings. The van der Waals surface area contributed by atoms with Crippen LogP contribution in [0.3, 0.4) is 0 Å². The lowest BCUT2D eigenvalue weighted by Crippen LogP contribution is -2.14. The van der Waals surface area contributed by atoms with Crippen LogP contribution < -0.4 is 5.32 Å². The molecule has 0 spiro atoms. The topological polar surface area (TPSA) is 55.4 Å². The zero-order chi connectivity index (χ0) is 16.8. The van der Waals surface area contributed by atoms with Gasteiger partial charge in [-0.25, -0.2) is 8.78 Å². The first-order chi connectivity index (χ1) is 11.0. The number of benzene rings is 2. The van der Waals surface area contributed by atoms with Gasteiger partial charge in [0.25, 0.3) is 5.91 Å². The van der Waals surface area contributed by atoms with Gasteiger partial charge in [0.15, 0.2) is 0 Å². The highest BCUT2D eigenvalue weighted by Crippen LogP contribution is 2.15. The van der Waals surface area contributed by atoms with E-state index in [1.165, 1.54) is 0 Å². The van der Waals surface area contributed by atoms with Gasteiger partial charge in [-0.05, 0) is 42.8 Å². The van der Waals surface area contributed by atoms with Gasteiger partial charge >= 0.3 is 5.97 Å². The molecule has 0 saturated carbocycles. The Morgan fingerprint density at radius 1 is 1.09 bits per heavy atom. The Bertz CT molecular complexity index is 714. The number of carbonyl (C=O) groups excluding carboxylic acids is 2. The number of amides is 1. The Labute approximate surface area is 132 Å². The van der Waals surface area contributed by atoms with Gasteiger partial charge in [-0.15, -0.1) is 0 Å². The van der Waals surface area contributed by atoms with E-state index in [1.54, 1.807) is 31.2 Å². The minimum Gasteiger partial charge on any atom is -0.466 e. The van der Waals surface area contributed by atoms with Crippen LogP contribution in [0.25, 0.3) is 0 Å². The SMILES string of the molecule is CCOC(=O)Cc1ccc(NC(=O)c2cc(F)ccc2F)cc1. The molecule has 0 radical (unpaired) electrons. The highest BCUT2D eigenvalue weighted by atomic mass is 19.1. The molecule has 0 aliphatic carbocycles. The summed E-state index contributed by atoms with van der Waals surface area (Å²) in [5.41, 5.74) is 0.755. The van der Waals surface area contributed by atoms with Crippen LogP contribution >= 0.6 is 0 Å². The van der Waals surface area contributed by atoms with Gasteiger partial charge in [0.05, 0.1) is 18.6 Å². The quantitative estimate of drug-likeness (QED) is 0.860. The number of hydrogen-bond acceptors (Lipinski definition) is 3. The minimum absolute atomic E-state index is 0.126. The molecule has 0 fully saturated rings. The fraction of sp³-hybridized carbons (Fsp3) is 0.176. The summed E-state index contributed by atoms with van der Waals surface area (Å²) in [6.07, 6.45) is 0.126. The lowest BCUT2D eigenvalue weighted by molar-refractivity contribution is -0.142. The van der Waals surface area contributed by atoms with Crippen LogP contribution in [-0.4, -0.2) is 18.5 Å². The summed E-state index contributed by atoms with van der Waals surface area (Å²) in [5, 5.41) is 2.47. The number of carbonyl (C=O) groups is 2. The molecule has 1 N–H and O–H groups in total. The summed E-state index contributed by atoms with van der Waals surface area (Å²) in [6.45, 7) is 2.04. The third-order valence-electron chi connectivity index (χ3n) is 3.04. The lowest BCUT2D eigenvalue weighted by Gasteiger charge is -2.07. The number of ether oxygens (including phenoxy) is 1. The fourth-order valence-corrected chi connectivity index (χ4v) is 1.95. The van der Waals surface area contributed by atoms with Crippen molar-refractivity contribution in [1.29, 1.82) is 0 Å². The standard InChI is InChI=1S/C17H15F2NO3/c1-2-23-16(21)9-11-3-6-13(7-4-11)20-17(22)14-10-12(18)5-8-15(14)19/h3-8,10H,2,9H2,1H3,(H,20,22). The minimum atomic E-state index is -0.803. The average Bonchev–Trinajstić information content (AvgIpc) is 2.52. The van der Waals surface area contributed by atoms with E-state index in [2.05, 4.69) is 5.32 Å². The first-order valence-corrected chi connectivity index (χ1v) is 7.00. The van der Waals surface area contributed by atoms with Crippen molar-refractivity contribution in [3.8, 4) is 0 Å². The largest absolute Gasteiger partial charge is 0.466 e. The van der Waals surface area contributed by atoms with Crippen LogP contribution in [0.5, 0.6) is 0 Å². The molecular formula is C17H15F2NO3. The maximum absolute atomic E-state index is 13.5. The molecule has 23 heavy (non-hydrogen) atoms. The second-order valence-electron chi connectivity index (χ2n) is 4.76. The Morgan fingerprint density at radius 3 is 2.43 bits per heavy atom. The van der Waals surface area contributed by atoms with Crippen molar-refractivity contribution in [2.75, 3.05) is 11.9 Å². The van der Waals surface area contributed by atoms with Gasteiger partial charge in [-0.2, -0.15) is 0 Å². The van der Waals surface area contributed by atoms with Crippen molar-refractivity contribution in [2.45, 2.75) is 13.3 Å². The Morgan fingerprint density at radius 2 is 1.78 bits per heavy atom. The normalized spacial score (nSPS) is 10.2. The van der Waals surface area contributed by atoms with Gasteiger partial charge in [-0.3, -0.25) is 9.59 Å². The van der Waals surface area contributed by atoms with E-state index >= 15 is 0 Å². The van der Waals surface area contributed by atoms with E-state index in [1.807, 2.05) is 0 Å². The smallest absolute Gasteiger partial charge is 0.310 e. The first-order valence-electron chi connectivity index (χ1n) is 7.00. The van der Waals surface area contributed by atoms with E-state index in [4.69, 9.17) is 4.74 Å². The van der Waals surface area contributed by atoms with Crippen molar-refractivity contribution in [2.24, 2.45) is 0 Å². The summed E-state index contributed by atoms with van der Waals surface area (Å²) in [5.74, 6) is -2.59. The van der Waals surface area contributed by atoms with E-state index in [9.17, 15) is 18.4 Å². The molecule has 120 valence electrons. The Hall–Kier alpha value is -2.76. The maximum atomic E-state index is 13.5. The van der Waals surface area contributed by atoms with Crippen LogP contribution in [0.2, 0.25) is 0 Å². The van der Waals surface area contributed by atoms with Crippen molar-refractivity contribution < 1.29 is 23.1 Å². The number of esters is 1. The molecule has 0 atom stereocenters. The van der Waals surface area contributed by atoms with Crippen LogP contribution in [0.4, 0.5) is 14.5 Å². The number of halogens is 2. The zero-order valence-corrected chi connectivity index (χ0v) is 12.4. The van der Waals surface area contributed by atoms with Gasteiger partial charge in [0.1, 0.15) is 11.6 Å². The molecule has 2 rings (SSSR count). The lowest BCUT2D eigenvalue weighted by atomic mass is 10.1. The van der Waals surface area contributed by atoms with Crippen LogP contribution in [0, 0.1) is 11.6 Å². The van der Waals surface area contributed by atoms with Crippen molar-refractivity contribution >= 4 is 17.6 Å². The summed E-state index contributed by atoms with van der Waals surface area (Å²) in [6, 6.07) is 9.11. The van der Waals surface area contributed by atoms with E-state index in [-0.39, 0.29) is 18.0 Å². The molecule has 4 nitrogen and oxygen atoms in total. The number of anilines is 1. The molecular weight excluding hydrogens is 304 g/mol. The van der Waals surface area contributed by atoms with Crippen molar-refractivity contribution in [3.63, 3.8) is 0 Å². The fourth-order valence-electron chi connectivity index (χ4n) is 1.95. The number of hydrogen-bond donors (Lipinski definition) is 1. The number of rotatable bonds is 5. The van der Waals surface area contributed by atoms with Gasteiger partial charge in [0.2, 0.25) is 0 Å². The summed E-state index contributed by atoms with van der Waals surface area (Å²) >= 11 is 0. The average molecular weight is 319 g/mol. The molecule has 1 amide bonds. The van der Waals surface area contributed by atoms with Gasteiger partial charge in [0, 0.05) is 5.69 Å². The maximum Gasteiger partial charge on any atom is 0.310 e. The Balaban J connectivity index is 2.04. The Kier molecular flexibility index (Phi) is 5.41. The second kappa shape index (κ2) is 7.49. The molecule has 0 aliphatic heterocycles. The molecule has 0 heterocycles. The third-order valence-corrected chi connectivity index (χ3v) is 3.04. The van der Waals surface area contributed by atoms with E-state index in [0.717, 1.165) is 23.8 Å². The highest BCUT2D eigenvalue weighted by molar-refractivity contribution is 6.04. The van der Waals surface area contributed by atoms with Crippen molar-refractivity contribution in [3.05, 3.63) is 65.2 Å². The molecule has 2 aromatic carbocycles. The summed E-state index contributed by atoms with van der Waals surface area (Å²) in [7, 11) is 0. The van der Waals surface area contributed by atoms with Crippen LogP contribution in [0.1, 0.15) is 22.8 Å².